The van der Waals surface area contributed by atoms with Crippen molar-refractivity contribution >= 4 is 11.6 Å². The van der Waals surface area contributed by atoms with E-state index in [9.17, 15) is 0 Å². The molecule has 1 aromatic heterocycles. The van der Waals surface area contributed by atoms with Crippen LogP contribution < -0.4 is 5.32 Å². The summed E-state index contributed by atoms with van der Waals surface area (Å²) in [5, 5.41) is 4.12. The Morgan fingerprint density at radius 1 is 1.27 bits per heavy atom. The molecule has 118 valence electrons. The Bertz CT molecular complexity index is 610. The van der Waals surface area contributed by atoms with Gasteiger partial charge in [-0.2, -0.15) is 0 Å². The van der Waals surface area contributed by atoms with Gasteiger partial charge in [0, 0.05) is 29.4 Å². The maximum absolute atomic E-state index is 6.21. The number of aromatic nitrogens is 1. The second kappa shape index (κ2) is 8.30. The first-order valence-electron chi connectivity index (χ1n) is 7.99. The second-order valence-corrected chi connectivity index (χ2v) is 6.26. The van der Waals surface area contributed by atoms with Gasteiger partial charge in [0.2, 0.25) is 0 Å². The predicted molar refractivity (Wildman–Crippen MR) is 94.8 cm³/mol. The van der Waals surface area contributed by atoms with Gasteiger partial charge in [-0.15, -0.1) is 0 Å². The lowest BCUT2D eigenvalue weighted by atomic mass is 9.89. The highest BCUT2D eigenvalue weighted by Gasteiger charge is 2.17. The van der Waals surface area contributed by atoms with Gasteiger partial charge >= 0.3 is 0 Å². The van der Waals surface area contributed by atoms with E-state index >= 15 is 0 Å². The number of benzene rings is 1. The summed E-state index contributed by atoms with van der Waals surface area (Å²) in [4.78, 5) is 4.64. The first-order valence-corrected chi connectivity index (χ1v) is 8.37. The zero-order valence-electron chi connectivity index (χ0n) is 13.7. The molecule has 1 heterocycles. The van der Waals surface area contributed by atoms with Gasteiger partial charge in [0.05, 0.1) is 0 Å². The summed E-state index contributed by atoms with van der Waals surface area (Å²) in [7, 11) is 2.00. The monoisotopic (exact) mass is 316 g/mol. The van der Waals surface area contributed by atoms with Crippen molar-refractivity contribution in [1.29, 1.82) is 0 Å². The molecule has 0 fully saturated rings. The number of hydrogen-bond donors (Lipinski definition) is 1. The standard InChI is InChI=1S/C19H25ClN2/c1-4-6-15-7-5-10-22-19(15)11-16(13-21-3)18-12-17(20)9-8-14(18)2/h5,7-10,12,16,21H,4,6,11,13H2,1-3H3. The van der Waals surface area contributed by atoms with Crippen molar-refractivity contribution < 1.29 is 0 Å². The van der Waals surface area contributed by atoms with Gasteiger partial charge in [0.25, 0.3) is 0 Å². The zero-order chi connectivity index (χ0) is 15.9. The quantitative estimate of drug-likeness (QED) is 0.811. The third kappa shape index (κ3) is 4.31. The largest absolute Gasteiger partial charge is 0.319 e. The Morgan fingerprint density at radius 2 is 2.09 bits per heavy atom. The highest BCUT2D eigenvalue weighted by Crippen LogP contribution is 2.27. The Morgan fingerprint density at radius 3 is 2.82 bits per heavy atom. The molecule has 0 spiro atoms. The second-order valence-electron chi connectivity index (χ2n) is 5.82. The molecule has 0 saturated carbocycles. The van der Waals surface area contributed by atoms with E-state index in [0.717, 1.165) is 30.8 Å². The van der Waals surface area contributed by atoms with Crippen molar-refractivity contribution in [2.75, 3.05) is 13.6 Å². The summed E-state index contributed by atoms with van der Waals surface area (Å²) in [6.45, 7) is 5.28. The van der Waals surface area contributed by atoms with Crippen LogP contribution in [-0.2, 0) is 12.8 Å². The molecule has 1 N–H and O–H groups in total. The fourth-order valence-electron chi connectivity index (χ4n) is 2.98. The van der Waals surface area contributed by atoms with Gasteiger partial charge in [-0.25, -0.2) is 0 Å². The predicted octanol–water partition coefficient (Wildman–Crippen LogP) is 4.54. The lowest BCUT2D eigenvalue weighted by Gasteiger charge is -2.20. The van der Waals surface area contributed by atoms with Crippen LogP contribution in [0.25, 0.3) is 0 Å². The molecule has 1 atom stereocenters. The Labute approximate surface area is 138 Å². The van der Waals surface area contributed by atoms with E-state index in [0.29, 0.717) is 5.92 Å². The molecule has 2 aromatic rings. The van der Waals surface area contributed by atoms with E-state index in [4.69, 9.17) is 11.6 Å². The van der Waals surface area contributed by atoms with Crippen molar-refractivity contribution in [3.8, 4) is 0 Å². The molecule has 0 bridgehead atoms. The molecule has 2 rings (SSSR count). The molecule has 1 aromatic carbocycles. The molecule has 0 amide bonds. The van der Waals surface area contributed by atoms with Crippen LogP contribution in [0.3, 0.4) is 0 Å². The number of pyridine rings is 1. The summed E-state index contributed by atoms with van der Waals surface area (Å²) in [5.41, 5.74) is 5.18. The molecule has 0 saturated heterocycles. The zero-order valence-corrected chi connectivity index (χ0v) is 14.5. The van der Waals surface area contributed by atoms with Crippen molar-refractivity contribution in [3.05, 3.63) is 63.9 Å². The molecular formula is C19H25ClN2. The third-order valence-electron chi connectivity index (χ3n) is 4.08. The van der Waals surface area contributed by atoms with Crippen LogP contribution in [0.2, 0.25) is 5.02 Å². The summed E-state index contributed by atoms with van der Waals surface area (Å²) in [6.07, 6.45) is 5.07. The molecule has 0 aliphatic heterocycles. The van der Waals surface area contributed by atoms with Crippen LogP contribution in [0, 0.1) is 6.92 Å². The first kappa shape index (κ1) is 17.0. The number of hydrogen-bond acceptors (Lipinski definition) is 2. The van der Waals surface area contributed by atoms with Crippen molar-refractivity contribution in [2.24, 2.45) is 0 Å². The number of aryl methyl sites for hydroxylation is 2. The average Bonchev–Trinajstić information content (AvgIpc) is 2.51. The molecule has 3 heteroatoms. The van der Waals surface area contributed by atoms with Crippen molar-refractivity contribution in [1.82, 2.24) is 10.3 Å². The summed E-state index contributed by atoms with van der Waals surface area (Å²) in [5.74, 6) is 0.384. The maximum atomic E-state index is 6.21. The van der Waals surface area contributed by atoms with Crippen LogP contribution in [0.4, 0.5) is 0 Å². The number of nitrogens with one attached hydrogen (secondary N) is 1. The minimum Gasteiger partial charge on any atom is -0.319 e. The highest BCUT2D eigenvalue weighted by atomic mass is 35.5. The maximum Gasteiger partial charge on any atom is 0.0442 e. The summed E-state index contributed by atoms with van der Waals surface area (Å²) in [6, 6.07) is 10.4. The molecule has 0 radical (unpaired) electrons. The van der Waals surface area contributed by atoms with Crippen LogP contribution in [-0.4, -0.2) is 18.6 Å². The molecular weight excluding hydrogens is 292 g/mol. The average molecular weight is 317 g/mol. The minimum atomic E-state index is 0.384. The Balaban J connectivity index is 2.31. The molecule has 0 aliphatic rings. The van der Waals surface area contributed by atoms with Crippen LogP contribution in [0.5, 0.6) is 0 Å². The SMILES string of the molecule is CCCc1cccnc1CC(CNC)c1cc(Cl)ccc1C. The van der Waals surface area contributed by atoms with Gasteiger partial charge < -0.3 is 5.32 Å². The fourth-order valence-corrected chi connectivity index (χ4v) is 3.16. The van der Waals surface area contributed by atoms with E-state index in [1.54, 1.807) is 0 Å². The summed E-state index contributed by atoms with van der Waals surface area (Å²) >= 11 is 6.21. The smallest absolute Gasteiger partial charge is 0.0442 e. The van der Waals surface area contributed by atoms with Crippen LogP contribution in [0.15, 0.2) is 36.5 Å². The number of nitrogens with zero attached hydrogens (tertiary/aromatic N) is 1. The molecule has 2 nitrogen and oxygen atoms in total. The first-order chi connectivity index (χ1) is 10.7. The van der Waals surface area contributed by atoms with Crippen LogP contribution >= 0.6 is 11.6 Å². The number of likely N-dealkylation sites (N-methyl/N-ethyl adjacent to an activating group) is 1. The molecule has 22 heavy (non-hydrogen) atoms. The van der Waals surface area contributed by atoms with Gasteiger partial charge in [0.1, 0.15) is 0 Å². The van der Waals surface area contributed by atoms with Gasteiger partial charge in [0.15, 0.2) is 0 Å². The topological polar surface area (TPSA) is 24.9 Å². The number of halogens is 1. The fraction of sp³-hybridized carbons (Fsp3) is 0.421. The van der Waals surface area contributed by atoms with Gasteiger partial charge in [-0.3, -0.25) is 4.98 Å². The van der Waals surface area contributed by atoms with E-state index in [1.807, 2.05) is 25.4 Å². The van der Waals surface area contributed by atoms with E-state index in [1.165, 1.54) is 22.4 Å². The summed E-state index contributed by atoms with van der Waals surface area (Å²) < 4.78 is 0. The van der Waals surface area contributed by atoms with E-state index in [-0.39, 0.29) is 0 Å². The third-order valence-corrected chi connectivity index (χ3v) is 4.31. The Hall–Kier alpha value is -1.38. The van der Waals surface area contributed by atoms with E-state index < -0.39 is 0 Å². The van der Waals surface area contributed by atoms with Gasteiger partial charge in [-0.05, 0) is 61.7 Å². The molecule has 0 aliphatic carbocycles. The normalized spacial score (nSPS) is 12.4. The highest BCUT2D eigenvalue weighted by molar-refractivity contribution is 6.30. The lowest BCUT2D eigenvalue weighted by molar-refractivity contribution is 0.611. The van der Waals surface area contributed by atoms with Gasteiger partial charge in [-0.1, -0.05) is 37.1 Å². The van der Waals surface area contributed by atoms with E-state index in [2.05, 4.69) is 42.3 Å². The van der Waals surface area contributed by atoms with Crippen molar-refractivity contribution in [3.63, 3.8) is 0 Å². The molecule has 1 unspecified atom stereocenters. The minimum absolute atomic E-state index is 0.384. The Kier molecular flexibility index (Phi) is 6.41. The van der Waals surface area contributed by atoms with Crippen molar-refractivity contribution in [2.45, 2.75) is 39.0 Å². The lowest BCUT2D eigenvalue weighted by Crippen LogP contribution is -2.21. The number of rotatable bonds is 7. The van der Waals surface area contributed by atoms with Crippen LogP contribution in [0.1, 0.15) is 41.6 Å².